The molecular formula is C17H28N2O5. The molecule has 7 heteroatoms. The number of esters is 2. The average molecular weight is 340 g/mol. The Kier molecular flexibility index (Phi) is 9.45. The molecule has 24 heavy (non-hydrogen) atoms. The van der Waals surface area contributed by atoms with E-state index < -0.39 is 17.4 Å². The van der Waals surface area contributed by atoms with Crippen LogP contribution in [-0.2, 0) is 23.8 Å². The third kappa shape index (κ3) is 7.30. The van der Waals surface area contributed by atoms with Gasteiger partial charge in [0, 0.05) is 12.4 Å². The zero-order valence-electron chi connectivity index (χ0n) is 15.3. The van der Waals surface area contributed by atoms with Gasteiger partial charge in [-0.25, -0.2) is 4.79 Å². The minimum Gasteiger partial charge on any atom is -0.478 e. The summed E-state index contributed by atoms with van der Waals surface area (Å²) in [7, 11) is 1.32. The number of rotatable bonds is 10. The zero-order valence-corrected chi connectivity index (χ0v) is 15.3. The molecule has 2 N–H and O–H groups in total. The van der Waals surface area contributed by atoms with Crippen molar-refractivity contribution >= 4 is 18.2 Å². The van der Waals surface area contributed by atoms with Gasteiger partial charge in [0.2, 0.25) is 5.88 Å². The molecule has 0 saturated carbocycles. The molecule has 0 aliphatic carbocycles. The van der Waals surface area contributed by atoms with Gasteiger partial charge >= 0.3 is 11.9 Å². The average Bonchev–Trinajstić information content (AvgIpc) is 2.51. The van der Waals surface area contributed by atoms with Gasteiger partial charge in [-0.3, -0.25) is 4.79 Å². The molecule has 7 nitrogen and oxygen atoms in total. The lowest BCUT2D eigenvalue weighted by Gasteiger charge is -2.18. The smallest absolute Gasteiger partial charge is 0.345 e. The third-order valence-electron chi connectivity index (χ3n) is 2.87. The first-order chi connectivity index (χ1) is 11.2. The van der Waals surface area contributed by atoms with Crippen LogP contribution in [-0.4, -0.2) is 38.5 Å². The van der Waals surface area contributed by atoms with E-state index in [9.17, 15) is 9.59 Å². The Morgan fingerprint density at radius 3 is 2.33 bits per heavy atom. The second-order valence-electron chi connectivity index (χ2n) is 6.00. The van der Waals surface area contributed by atoms with Crippen molar-refractivity contribution in [3.63, 3.8) is 0 Å². The summed E-state index contributed by atoms with van der Waals surface area (Å²) in [5.74, 6) is -0.716. The lowest BCUT2D eigenvalue weighted by Crippen LogP contribution is -2.25. The fourth-order valence-electron chi connectivity index (χ4n) is 1.53. The minimum atomic E-state index is -0.848. The summed E-state index contributed by atoms with van der Waals surface area (Å²) < 4.78 is 15.2. The first-order valence-corrected chi connectivity index (χ1v) is 7.76. The van der Waals surface area contributed by atoms with Crippen LogP contribution < -0.4 is 5.32 Å². The van der Waals surface area contributed by atoms with Crippen molar-refractivity contribution in [1.29, 1.82) is 5.41 Å². The van der Waals surface area contributed by atoms with Crippen LogP contribution in [0.15, 0.2) is 23.7 Å². The Morgan fingerprint density at radius 2 is 1.88 bits per heavy atom. The van der Waals surface area contributed by atoms with Crippen molar-refractivity contribution < 1.29 is 23.8 Å². The van der Waals surface area contributed by atoms with Crippen LogP contribution in [0.2, 0.25) is 0 Å². The molecule has 0 aromatic rings. The van der Waals surface area contributed by atoms with Gasteiger partial charge in [0.15, 0.2) is 0 Å². The number of hydrogen-bond donors (Lipinski definition) is 2. The molecule has 0 unspecified atom stereocenters. The molecule has 0 aromatic heterocycles. The fourth-order valence-corrected chi connectivity index (χ4v) is 1.53. The first-order valence-electron chi connectivity index (χ1n) is 7.76. The van der Waals surface area contributed by atoms with Gasteiger partial charge < -0.3 is 24.9 Å². The van der Waals surface area contributed by atoms with Crippen LogP contribution in [0.3, 0.4) is 0 Å². The quantitative estimate of drug-likeness (QED) is 0.274. The number of nitrogens with one attached hydrogen (secondary N) is 2. The summed E-state index contributed by atoms with van der Waals surface area (Å²) >= 11 is 0. The van der Waals surface area contributed by atoms with E-state index >= 15 is 0 Å². The molecule has 0 heterocycles. The Bertz CT molecular complexity index is 507. The lowest BCUT2D eigenvalue weighted by molar-refractivity contribution is -0.148. The van der Waals surface area contributed by atoms with E-state index in [1.807, 2.05) is 13.8 Å². The zero-order chi connectivity index (χ0) is 18.8. The van der Waals surface area contributed by atoms with Crippen molar-refractivity contribution in [1.82, 2.24) is 5.32 Å². The summed E-state index contributed by atoms with van der Waals surface area (Å²) in [4.78, 5) is 23.6. The number of carbonyl (C=O) groups is 2. The van der Waals surface area contributed by atoms with Gasteiger partial charge in [-0.05, 0) is 26.7 Å². The van der Waals surface area contributed by atoms with E-state index in [2.05, 4.69) is 5.32 Å². The van der Waals surface area contributed by atoms with Gasteiger partial charge in [-0.1, -0.05) is 19.9 Å². The lowest BCUT2D eigenvalue weighted by atomic mass is 9.94. The van der Waals surface area contributed by atoms with Crippen molar-refractivity contribution in [3.05, 3.63) is 23.7 Å². The van der Waals surface area contributed by atoms with Crippen molar-refractivity contribution in [2.24, 2.45) is 11.3 Å². The van der Waals surface area contributed by atoms with E-state index in [1.165, 1.54) is 13.3 Å². The summed E-state index contributed by atoms with van der Waals surface area (Å²) in [5.41, 5.74) is -0.877. The Balaban J connectivity index is 5.38. The molecule has 0 spiro atoms. The van der Waals surface area contributed by atoms with Gasteiger partial charge in [-0.15, -0.1) is 0 Å². The normalized spacial score (nSPS) is 12.6. The van der Waals surface area contributed by atoms with Crippen LogP contribution in [0.25, 0.3) is 0 Å². The van der Waals surface area contributed by atoms with Crippen LogP contribution in [0.5, 0.6) is 0 Å². The molecule has 0 bridgehead atoms. The molecule has 0 aliphatic rings. The minimum absolute atomic E-state index is 0.0296. The summed E-state index contributed by atoms with van der Waals surface area (Å²) in [6.07, 6.45) is 3.94. The number of methoxy groups -OCH3 is 1. The van der Waals surface area contributed by atoms with Crippen LogP contribution in [0.4, 0.5) is 0 Å². The van der Waals surface area contributed by atoms with E-state index in [-0.39, 0.29) is 24.0 Å². The van der Waals surface area contributed by atoms with Gasteiger partial charge in [0.05, 0.1) is 25.7 Å². The number of carbonyl (C=O) groups excluding carboxylic acids is 2. The van der Waals surface area contributed by atoms with Crippen molar-refractivity contribution in [2.75, 3.05) is 20.3 Å². The first kappa shape index (κ1) is 21.7. The monoisotopic (exact) mass is 340 g/mol. The maximum Gasteiger partial charge on any atom is 0.345 e. The highest BCUT2D eigenvalue weighted by molar-refractivity contribution is 6.08. The molecule has 0 fully saturated rings. The van der Waals surface area contributed by atoms with E-state index in [0.717, 1.165) is 6.21 Å². The summed E-state index contributed by atoms with van der Waals surface area (Å²) in [6, 6.07) is 0. The number of ether oxygens (including phenoxy) is 3. The maximum atomic E-state index is 11.9. The maximum absolute atomic E-state index is 11.9. The molecule has 0 atom stereocenters. The third-order valence-corrected chi connectivity index (χ3v) is 2.87. The van der Waals surface area contributed by atoms with Gasteiger partial charge in [0.25, 0.3) is 0 Å². The summed E-state index contributed by atoms with van der Waals surface area (Å²) in [6.45, 7) is 9.54. The SMILES string of the molecule is CCOC(=O)/C(C=N)=C(/N/C=C/C(C)(C)C(=O)OC)OCC(C)C. The molecule has 136 valence electrons. The molecular weight excluding hydrogens is 312 g/mol. The Morgan fingerprint density at radius 1 is 1.25 bits per heavy atom. The van der Waals surface area contributed by atoms with Crippen LogP contribution in [0, 0.1) is 16.7 Å². The van der Waals surface area contributed by atoms with Crippen molar-refractivity contribution in [3.8, 4) is 0 Å². The Hall–Kier alpha value is -2.31. The Labute approximate surface area is 143 Å². The summed E-state index contributed by atoms with van der Waals surface area (Å²) in [5, 5.41) is 10.3. The molecule has 0 radical (unpaired) electrons. The standard InChI is InChI=1S/C17H28N2O5/c1-7-23-15(20)13(10-18)14(24-11-12(2)3)19-9-8-17(4,5)16(21)22-6/h8-10,12,18-19H,7,11H2,1-6H3/b9-8+,14-13-,18-10?. The highest BCUT2D eigenvalue weighted by Gasteiger charge is 2.25. The highest BCUT2D eigenvalue weighted by Crippen LogP contribution is 2.18. The van der Waals surface area contributed by atoms with E-state index in [4.69, 9.17) is 19.6 Å². The number of hydrogen-bond acceptors (Lipinski definition) is 7. The van der Waals surface area contributed by atoms with Gasteiger partial charge in [-0.2, -0.15) is 0 Å². The van der Waals surface area contributed by atoms with Crippen molar-refractivity contribution in [2.45, 2.75) is 34.6 Å². The molecule has 0 amide bonds. The van der Waals surface area contributed by atoms with E-state index in [1.54, 1.807) is 26.8 Å². The second-order valence-corrected chi connectivity index (χ2v) is 6.00. The molecule has 0 rings (SSSR count). The fraction of sp³-hybridized carbons (Fsp3) is 0.588. The van der Waals surface area contributed by atoms with E-state index in [0.29, 0.717) is 6.61 Å². The molecule has 0 aliphatic heterocycles. The molecule has 0 aromatic carbocycles. The van der Waals surface area contributed by atoms with Crippen LogP contribution >= 0.6 is 0 Å². The predicted octanol–water partition coefficient (Wildman–Crippen LogP) is 2.39. The largest absolute Gasteiger partial charge is 0.478 e. The second kappa shape index (κ2) is 10.5. The highest BCUT2D eigenvalue weighted by atomic mass is 16.5. The topological polar surface area (TPSA) is 97.7 Å². The predicted molar refractivity (Wildman–Crippen MR) is 91.3 cm³/mol. The molecule has 0 saturated heterocycles. The van der Waals surface area contributed by atoms with Crippen LogP contribution in [0.1, 0.15) is 34.6 Å². The van der Waals surface area contributed by atoms with Gasteiger partial charge in [0.1, 0.15) is 5.57 Å².